The summed E-state index contributed by atoms with van der Waals surface area (Å²) in [6, 6.07) is 0. The largest absolute Gasteiger partial charge is 0.493 e. The van der Waals surface area contributed by atoms with E-state index in [2.05, 4.69) is 28.9 Å². The molecular formula is C25H47N7O3. The van der Waals surface area contributed by atoms with E-state index >= 15 is 0 Å². The average molecular weight is 494 g/mol. The second kappa shape index (κ2) is 16.7. The van der Waals surface area contributed by atoms with E-state index in [-0.39, 0.29) is 24.8 Å². The van der Waals surface area contributed by atoms with Crippen molar-refractivity contribution in [2.24, 2.45) is 5.92 Å². The van der Waals surface area contributed by atoms with Gasteiger partial charge in [0.25, 0.3) is 0 Å². The highest BCUT2D eigenvalue weighted by Gasteiger charge is 2.28. The molecule has 0 amide bonds. The molecule has 0 bridgehead atoms. The van der Waals surface area contributed by atoms with Gasteiger partial charge >= 0.3 is 5.69 Å². The van der Waals surface area contributed by atoms with Gasteiger partial charge in [-0.1, -0.05) is 61.8 Å². The Hall–Kier alpha value is -2.88. The maximum absolute atomic E-state index is 12.9. The third kappa shape index (κ3) is 7.55. The molecule has 1 aliphatic rings. The summed E-state index contributed by atoms with van der Waals surface area (Å²) in [5, 5.41) is 13.7. The van der Waals surface area contributed by atoms with Crippen molar-refractivity contribution >= 4 is 28.5 Å². The SMILES string of the molecule is C/C=C(\OC)c1nc2c3c(nc(N)n2n1)n(CCO)c(=O)n3CC1CC1.CC.CC.CC.CCC. The Labute approximate surface area is 209 Å². The van der Waals surface area contributed by atoms with E-state index in [1.165, 1.54) is 15.5 Å². The third-order valence-electron chi connectivity index (χ3n) is 4.62. The van der Waals surface area contributed by atoms with Crippen LogP contribution in [0.3, 0.4) is 0 Å². The number of allylic oxidation sites excluding steroid dienone is 1. The first-order valence-electron chi connectivity index (χ1n) is 13.0. The van der Waals surface area contributed by atoms with Crippen LogP contribution in [0.25, 0.3) is 22.6 Å². The van der Waals surface area contributed by atoms with Crippen LogP contribution in [0.2, 0.25) is 0 Å². The van der Waals surface area contributed by atoms with Gasteiger partial charge in [0.15, 0.2) is 17.1 Å². The average Bonchev–Trinajstić information content (AvgIpc) is 3.55. The number of nitrogens with two attached hydrogens (primary N) is 1. The zero-order valence-electron chi connectivity index (χ0n) is 23.4. The van der Waals surface area contributed by atoms with Gasteiger partial charge in [0.1, 0.15) is 5.52 Å². The van der Waals surface area contributed by atoms with Crippen molar-refractivity contribution in [2.45, 2.75) is 94.7 Å². The van der Waals surface area contributed by atoms with Gasteiger partial charge in [-0.05, 0) is 31.8 Å². The van der Waals surface area contributed by atoms with E-state index < -0.39 is 0 Å². The number of aliphatic hydroxyl groups excluding tert-OH is 1. The number of nitrogens with zero attached hydrogens (tertiary/aromatic N) is 6. The maximum Gasteiger partial charge on any atom is 0.330 e. The van der Waals surface area contributed by atoms with E-state index in [0.717, 1.165) is 12.8 Å². The van der Waals surface area contributed by atoms with Crippen molar-refractivity contribution in [3.8, 4) is 0 Å². The fourth-order valence-electron chi connectivity index (χ4n) is 3.17. The molecule has 3 aromatic heterocycles. The lowest BCUT2D eigenvalue weighted by Crippen LogP contribution is -2.26. The molecule has 0 unspecified atom stereocenters. The standard InChI is InChI=1S/C16H21N7O3.C3H8.3C2H6/c1-3-10(26-2)12-18-14-11-13(19-15(17)23(14)20-12)21(6-7-24)16(25)22(11)8-9-4-5-9;1-3-2;3*1-2/h3,9,24H,4-8H2,1-2H3,(H2,17,19);3H2,1-2H3;3*1-2H3/b10-3-;;;;. The van der Waals surface area contributed by atoms with Crippen molar-refractivity contribution in [3.05, 3.63) is 22.4 Å². The van der Waals surface area contributed by atoms with E-state index in [9.17, 15) is 9.90 Å². The Kier molecular flexibility index (Phi) is 15.3. The number of aliphatic hydroxyl groups is 1. The zero-order valence-corrected chi connectivity index (χ0v) is 23.4. The van der Waals surface area contributed by atoms with E-state index in [4.69, 9.17) is 10.5 Å². The van der Waals surface area contributed by atoms with Crippen LogP contribution in [-0.4, -0.2) is 47.5 Å². The molecule has 0 atom stereocenters. The molecule has 3 aromatic rings. The number of ether oxygens (including phenoxy) is 1. The summed E-state index contributed by atoms with van der Waals surface area (Å²) in [4.78, 5) is 21.8. The lowest BCUT2D eigenvalue weighted by molar-refractivity contribution is 0.275. The van der Waals surface area contributed by atoms with Gasteiger partial charge < -0.3 is 15.6 Å². The Morgan fingerprint density at radius 1 is 1.09 bits per heavy atom. The van der Waals surface area contributed by atoms with Crippen LogP contribution in [0, 0.1) is 5.92 Å². The third-order valence-corrected chi connectivity index (χ3v) is 4.62. The summed E-state index contributed by atoms with van der Waals surface area (Å²) in [6.07, 6.45) is 5.20. The van der Waals surface area contributed by atoms with Crippen LogP contribution in [-0.2, 0) is 17.8 Å². The topological polar surface area (TPSA) is 125 Å². The molecule has 35 heavy (non-hydrogen) atoms. The minimum absolute atomic E-state index is 0.119. The van der Waals surface area contributed by atoms with E-state index in [1.807, 2.05) is 48.5 Å². The summed E-state index contributed by atoms with van der Waals surface area (Å²) in [7, 11) is 1.54. The molecule has 0 aliphatic heterocycles. The monoisotopic (exact) mass is 493 g/mol. The van der Waals surface area contributed by atoms with Gasteiger partial charge in [-0.25, -0.2) is 9.78 Å². The second-order valence-electron chi connectivity index (χ2n) is 7.09. The van der Waals surface area contributed by atoms with Gasteiger partial charge in [-0.2, -0.15) is 9.50 Å². The fourth-order valence-corrected chi connectivity index (χ4v) is 3.17. The van der Waals surface area contributed by atoms with Crippen molar-refractivity contribution in [1.82, 2.24) is 28.7 Å². The number of methoxy groups -OCH3 is 1. The van der Waals surface area contributed by atoms with Crippen LogP contribution >= 0.6 is 0 Å². The van der Waals surface area contributed by atoms with Crippen LogP contribution in [0.5, 0.6) is 0 Å². The quantitative estimate of drug-likeness (QED) is 0.476. The highest BCUT2D eigenvalue weighted by atomic mass is 16.5. The number of anilines is 1. The van der Waals surface area contributed by atoms with Gasteiger partial charge in [0, 0.05) is 6.54 Å². The number of fused-ring (bicyclic) bond motifs is 3. The molecule has 0 radical (unpaired) electrons. The Bertz CT molecular complexity index is 1090. The molecule has 1 saturated carbocycles. The number of hydrogen-bond acceptors (Lipinski definition) is 7. The summed E-state index contributed by atoms with van der Waals surface area (Å²) in [5.74, 6) is 1.47. The minimum Gasteiger partial charge on any atom is -0.493 e. The molecular weight excluding hydrogens is 446 g/mol. The van der Waals surface area contributed by atoms with Crippen molar-refractivity contribution < 1.29 is 9.84 Å². The van der Waals surface area contributed by atoms with Crippen molar-refractivity contribution in [2.75, 3.05) is 19.5 Å². The summed E-state index contributed by atoms with van der Waals surface area (Å²) < 4.78 is 9.83. The molecule has 0 spiro atoms. The van der Waals surface area contributed by atoms with Gasteiger partial charge in [0.2, 0.25) is 11.8 Å². The molecule has 3 N–H and O–H groups in total. The number of nitrogen functional groups attached to an aromatic ring is 1. The molecule has 0 aromatic carbocycles. The Balaban J connectivity index is 0.00000115. The lowest BCUT2D eigenvalue weighted by atomic mass is 10.4. The van der Waals surface area contributed by atoms with E-state index in [1.54, 1.807) is 17.8 Å². The van der Waals surface area contributed by atoms with E-state index in [0.29, 0.717) is 40.9 Å². The molecule has 1 fully saturated rings. The number of rotatable bonds is 6. The fraction of sp³-hybridized carbons (Fsp3) is 0.680. The van der Waals surface area contributed by atoms with Gasteiger partial charge in [-0.3, -0.25) is 9.13 Å². The number of hydrogen-bond donors (Lipinski definition) is 2. The normalized spacial score (nSPS) is 12.4. The smallest absolute Gasteiger partial charge is 0.330 e. The van der Waals surface area contributed by atoms with Crippen LogP contribution < -0.4 is 11.4 Å². The van der Waals surface area contributed by atoms with Gasteiger partial charge in [-0.15, -0.1) is 5.10 Å². The Morgan fingerprint density at radius 3 is 2.11 bits per heavy atom. The molecule has 3 heterocycles. The number of aromatic nitrogens is 6. The van der Waals surface area contributed by atoms with Crippen LogP contribution in [0.4, 0.5) is 5.95 Å². The second-order valence-corrected chi connectivity index (χ2v) is 7.09. The van der Waals surface area contributed by atoms with Gasteiger partial charge in [0.05, 0.1) is 20.3 Å². The summed E-state index contributed by atoms with van der Waals surface area (Å²) in [6.45, 7) is 18.6. The maximum atomic E-state index is 12.9. The molecule has 1 aliphatic carbocycles. The van der Waals surface area contributed by atoms with Crippen LogP contribution in [0.1, 0.15) is 87.4 Å². The van der Waals surface area contributed by atoms with Crippen LogP contribution in [0.15, 0.2) is 10.9 Å². The lowest BCUT2D eigenvalue weighted by Gasteiger charge is -2.03. The molecule has 4 rings (SSSR count). The molecule has 200 valence electrons. The Morgan fingerprint density at radius 2 is 1.66 bits per heavy atom. The minimum atomic E-state index is -0.219. The van der Waals surface area contributed by atoms with Crippen molar-refractivity contribution in [3.63, 3.8) is 0 Å². The van der Waals surface area contributed by atoms with Crippen molar-refractivity contribution in [1.29, 1.82) is 0 Å². The highest BCUT2D eigenvalue weighted by Crippen LogP contribution is 2.32. The molecule has 10 nitrogen and oxygen atoms in total. The highest BCUT2D eigenvalue weighted by molar-refractivity contribution is 5.88. The first kappa shape index (κ1) is 32.1. The molecule has 0 saturated heterocycles. The predicted molar refractivity (Wildman–Crippen MR) is 145 cm³/mol. The number of imidazole rings is 1. The predicted octanol–water partition coefficient (Wildman–Crippen LogP) is 4.73. The zero-order chi connectivity index (χ0) is 27.1. The summed E-state index contributed by atoms with van der Waals surface area (Å²) in [5.41, 5.74) is 7.28. The summed E-state index contributed by atoms with van der Waals surface area (Å²) >= 11 is 0. The first-order chi connectivity index (χ1) is 17.0. The molecule has 10 heteroatoms. The first-order valence-corrected chi connectivity index (χ1v) is 13.0.